The Morgan fingerprint density at radius 3 is 2.59 bits per heavy atom. The number of alkyl halides is 3. The van der Waals surface area contributed by atoms with Gasteiger partial charge in [-0.1, -0.05) is 11.6 Å². The van der Waals surface area contributed by atoms with Crippen LogP contribution in [0.5, 0.6) is 0 Å². The van der Waals surface area contributed by atoms with Gasteiger partial charge in [0.2, 0.25) is 0 Å². The SMILES string of the molecule is CS(=O)(=O)c1ccc(C(O)=C2C(=O)CCCC2C=O)c(Cl)c1COCC(F)(F)F. The topological polar surface area (TPSA) is 97.7 Å². The first-order valence-electron chi connectivity index (χ1n) is 8.44. The van der Waals surface area contributed by atoms with Gasteiger partial charge in [-0.2, -0.15) is 13.2 Å². The lowest BCUT2D eigenvalue weighted by atomic mass is 9.82. The molecule has 2 rings (SSSR count). The number of aliphatic hydroxyl groups excluding tert-OH is 1. The molecule has 0 radical (unpaired) electrons. The molecule has 1 aliphatic rings. The first-order chi connectivity index (χ1) is 13.4. The van der Waals surface area contributed by atoms with Gasteiger partial charge in [0.15, 0.2) is 15.6 Å². The van der Waals surface area contributed by atoms with E-state index in [0.29, 0.717) is 19.1 Å². The van der Waals surface area contributed by atoms with Crippen LogP contribution in [0.15, 0.2) is 22.6 Å². The first kappa shape index (κ1) is 23.4. The van der Waals surface area contributed by atoms with Crippen molar-refractivity contribution >= 4 is 39.3 Å². The summed E-state index contributed by atoms with van der Waals surface area (Å²) in [6, 6.07) is 2.20. The van der Waals surface area contributed by atoms with Gasteiger partial charge in [0, 0.05) is 35.3 Å². The third kappa shape index (κ3) is 5.58. The Bertz CT molecular complexity index is 953. The molecule has 1 N–H and O–H groups in total. The van der Waals surface area contributed by atoms with Gasteiger partial charge in [-0.05, 0) is 25.0 Å². The van der Waals surface area contributed by atoms with E-state index in [1.54, 1.807) is 0 Å². The number of allylic oxidation sites excluding steroid dienone is 1. The smallest absolute Gasteiger partial charge is 0.411 e. The Balaban J connectivity index is 2.59. The van der Waals surface area contributed by atoms with E-state index in [0.717, 1.165) is 18.4 Å². The highest BCUT2D eigenvalue weighted by atomic mass is 35.5. The van der Waals surface area contributed by atoms with Gasteiger partial charge < -0.3 is 14.6 Å². The third-order valence-corrected chi connectivity index (χ3v) is 5.99. The second-order valence-corrected chi connectivity index (χ2v) is 8.97. The van der Waals surface area contributed by atoms with Crippen molar-refractivity contribution in [2.45, 2.75) is 36.9 Å². The molecule has 0 bridgehead atoms. The Kier molecular flexibility index (Phi) is 7.13. The molecular weight excluding hydrogens is 437 g/mol. The average molecular weight is 455 g/mol. The molecule has 1 saturated carbocycles. The fourth-order valence-corrected chi connectivity index (χ4v) is 4.38. The molecule has 11 heteroatoms. The lowest BCUT2D eigenvalue weighted by Crippen LogP contribution is -2.22. The number of Topliss-reactive ketones (excluding diaryl/α,β-unsaturated/α-hetero) is 1. The Hall–Kier alpha value is -1.91. The fourth-order valence-electron chi connectivity index (χ4n) is 3.09. The molecule has 1 aromatic rings. The maximum absolute atomic E-state index is 12.4. The predicted octanol–water partition coefficient (Wildman–Crippen LogP) is 3.66. The van der Waals surface area contributed by atoms with Crippen molar-refractivity contribution in [1.82, 2.24) is 0 Å². The molecule has 1 unspecified atom stereocenters. The lowest BCUT2D eigenvalue weighted by molar-refractivity contribution is -0.176. The molecule has 1 aromatic carbocycles. The summed E-state index contributed by atoms with van der Waals surface area (Å²) < 4.78 is 65.6. The molecule has 0 aromatic heterocycles. The van der Waals surface area contributed by atoms with E-state index in [4.69, 9.17) is 11.6 Å². The van der Waals surface area contributed by atoms with Crippen molar-refractivity contribution in [3.63, 3.8) is 0 Å². The molecule has 0 heterocycles. The zero-order valence-corrected chi connectivity index (χ0v) is 16.8. The molecule has 1 atom stereocenters. The van der Waals surface area contributed by atoms with E-state index >= 15 is 0 Å². The Labute approximate surface area is 170 Å². The number of benzene rings is 1. The molecular formula is C18H18ClF3O6S. The van der Waals surface area contributed by atoms with Gasteiger partial charge in [-0.25, -0.2) is 8.42 Å². The summed E-state index contributed by atoms with van der Waals surface area (Å²) in [6.45, 7) is -2.42. The van der Waals surface area contributed by atoms with Gasteiger partial charge in [0.25, 0.3) is 0 Å². The van der Waals surface area contributed by atoms with E-state index in [9.17, 15) is 36.3 Å². The highest BCUT2D eigenvalue weighted by Gasteiger charge is 2.32. The van der Waals surface area contributed by atoms with Crippen LogP contribution in [0.3, 0.4) is 0 Å². The number of sulfone groups is 1. The van der Waals surface area contributed by atoms with E-state index in [2.05, 4.69) is 4.74 Å². The highest BCUT2D eigenvalue weighted by molar-refractivity contribution is 7.90. The number of carbonyl (C=O) groups is 2. The lowest BCUT2D eigenvalue weighted by Gasteiger charge is -2.22. The van der Waals surface area contributed by atoms with Crippen molar-refractivity contribution in [3.8, 4) is 0 Å². The number of halogens is 4. The van der Waals surface area contributed by atoms with Gasteiger partial charge in [0.05, 0.1) is 16.5 Å². The number of hydrogen-bond acceptors (Lipinski definition) is 6. The largest absolute Gasteiger partial charge is 0.507 e. The van der Waals surface area contributed by atoms with Gasteiger partial charge in [-0.15, -0.1) is 0 Å². The van der Waals surface area contributed by atoms with E-state index in [-0.39, 0.29) is 33.0 Å². The second-order valence-electron chi connectivity index (χ2n) is 6.60. The van der Waals surface area contributed by atoms with Crippen LogP contribution in [0.25, 0.3) is 5.76 Å². The maximum atomic E-state index is 12.4. The van der Waals surface area contributed by atoms with Crippen LogP contribution in [0.1, 0.15) is 30.4 Å². The minimum Gasteiger partial charge on any atom is -0.507 e. The number of aliphatic hydroxyl groups is 1. The quantitative estimate of drug-likeness (QED) is 0.400. The van der Waals surface area contributed by atoms with Crippen molar-refractivity contribution in [2.24, 2.45) is 5.92 Å². The molecule has 0 spiro atoms. The number of rotatable bonds is 6. The predicted molar refractivity (Wildman–Crippen MR) is 98.2 cm³/mol. The van der Waals surface area contributed by atoms with Crippen LogP contribution in [0.4, 0.5) is 13.2 Å². The number of hydrogen-bond donors (Lipinski definition) is 1. The minimum absolute atomic E-state index is 0.115. The summed E-state index contributed by atoms with van der Waals surface area (Å²) in [5.41, 5.74) is -0.599. The summed E-state index contributed by atoms with van der Waals surface area (Å²) in [4.78, 5) is 23.1. The molecule has 6 nitrogen and oxygen atoms in total. The number of ether oxygens (including phenoxy) is 1. The van der Waals surface area contributed by atoms with E-state index in [1.165, 1.54) is 0 Å². The number of carbonyl (C=O) groups excluding carboxylic acids is 2. The fraction of sp³-hybridized carbons (Fsp3) is 0.444. The first-order valence-corrected chi connectivity index (χ1v) is 10.7. The highest BCUT2D eigenvalue weighted by Crippen LogP contribution is 2.37. The van der Waals surface area contributed by atoms with Crippen molar-refractivity contribution in [1.29, 1.82) is 0 Å². The zero-order valence-electron chi connectivity index (χ0n) is 15.3. The third-order valence-electron chi connectivity index (χ3n) is 4.38. The summed E-state index contributed by atoms with van der Waals surface area (Å²) in [7, 11) is -3.88. The normalized spacial score (nSPS) is 19.9. The molecule has 0 aliphatic heterocycles. The van der Waals surface area contributed by atoms with Crippen molar-refractivity contribution in [2.75, 3.05) is 12.9 Å². The molecule has 0 saturated heterocycles. The van der Waals surface area contributed by atoms with Crippen LogP contribution >= 0.6 is 11.6 Å². The van der Waals surface area contributed by atoms with Crippen LogP contribution in [-0.4, -0.2) is 44.6 Å². The van der Waals surface area contributed by atoms with Crippen molar-refractivity contribution < 1.29 is 41.0 Å². The molecule has 160 valence electrons. The number of ketones is 1. The average Bonchev–Trinajstić information content (AvgIpc) is 2.60. The van der Waals surface area contributed by atoms with Crippen LogP contribution in [-0.2, 0) is 30.8 Å². The summed E-state index contributed by atoms with van der Waals surface area (Å²) in [6.07, 6.45) is -2.34. The summed E-state index contributed by atoms with van der Waals surface area (Å²) >= 11 is 6.20. The van der Waals surface area contributed by atoms with Crippen molar-refractivity contribution in [3.05, 3.63) is 33.9 Å². The molecule has 1 aliphatic carbocycles. The van der Waals surface area contributed by atoms with E-state index < -0.39 is 46.7 Å². The van der Waals surface area contributed by atoms with Crippen LogP contribution in [0, 0.1) is 5.92 Å². The monoisotopic (exact) mass is 454 g/mol. The number of aldehydes is 1. The Morgan fingerprint density at radius 2 is 2.03 bits per heavy atom. The van der Waals surface area contributed by atoms with Crippen LogP contribution < -0.4 is 0 Å². The van der Waals surface area contributed by atoms with Crippen LogP contribution in [0.2, 0.25) is 5.02 Å². The Morgan fingerprint density at radius 1 is 1.38 bits per heavy atom. The molecule has 29 heavy (non-hydrogen) atoms. The van der Waals surface area contributed by atoms with Gasteiger partial charge in [-0.3, -0.25) is 4.79 Å². The molecule has 1 fully saturated rings. The standard InChI is InChI=1S/C18H18ClF3O6S/c1-29(26,27)14-6-5-11(16(19)12(14)8-28-9-18(20,21)22)17(25)15-10(7-23)3-2-4-13(15)24/h5-7,10,25H,2-4,8-9H2,1H3. The van der Waals surface area contributed by atoms with Gasteiger partial charge >= 0.3 is 6.18 Å². The minimum atomic E-state index is -4.63. The van der Waals surface area contributed by atoms with E-state index in [1.807, 2.05) is 0 Å². The van der Waals surface area contributed by atoms with Gasteiger partial charge in [0.1, 0.15) is 18.7 Å². The molecule has 0 amide bonds. The summed E-state index contributed by atoms with van der Waals surface area (Å²) in [5.74, 6) is -1.91. The maximum Gasteiger partial charge on any atom is 0.411 e. The second kappa shape index (κ2) is 8.85. The summed E-state index contributed by atoms with van der Waals surface area (Å²) in [5, 5.41) is 10.2. The zero-order chi connectivity index (χ0) is 22.0.